The lowest BCUT2D eigenvalue weighted by atomic mass is 10.1. The van der Waals surface area contributed by atoms with Crippen molar-refractivity contribution in [2.45, 2.75) is 44.8 Å². The molecule has 0 aliphatic heterocycles. The monoisotopic (exact) mass is 459 g/mol. The van der Waals surface area contributed by atoms with Crippen LogP contribution in [0.15, 0.2) is 71.4 Å². The molecule has 2 N–H and O–H groups in total. The summed E-state index contributed by atoms with van der Waals surface area (Å²) in [4.78, 5) is 17.5. The van der Waals surface area contributed by atoms with Crippen molar-refractivity contribution >= 4 is 11.6 Å². The van der Waals surface area contributed by atoms with Gasteiger partial charge in [-0.05, 0) is 73.9 Å². The predicted molar refractivity (Wildman–Crippen MR) is 128 cm³/mol. The fraction of sp³-hybridized carbons (Fsp3) is 0.259. The van der Waals surface area contributed by atoms with Crippen molar-refractivity contribution in [3.63, 3.8) is 0 Å². The zero-order valence-corrected chi connectivity index (χ0v) is 18.9. The average Bonchev–Trinajstić information content (AvgIpc) is 3.59. The number of halogens is 1. The van der Waals surface area contributed by atoms with E-state index in [2.05, 4.69) is 14.9 Å². The molecule has 2 aromatic heterocycles. The highest BCUT2D eigenvalue weighted by Crippen LogP contribution is 2.39. The number of imidazole rings is 1. The quantitative estimate of drug-likeness (QED) is 0.351. The summed E-state index contributed by atoms with van der Waals surface area (Å²) >= 11 is 0. The third-order valence-corrected chi connectivity index (χ3v) is 6.34. The maximum absolute atomic E-state index is 13.5. The topological polar surface area (TPSA) is 80.3 Å². The lowest BCUT2D eigenvalue weighted by molar-refractivity contribution is 0.0997. The van der Waals surface area contributed by atoms with Crippen LogP contribution < -0.4 is 5.32 Å². The Kier molecular flexibility index (Phi) is 6.02. The number of aromatic nitrogens is 2. The first-order valence-corrected chi connectivity index (χ1v) is 11.5. The second kappa shape index (κ2) is 9.27. The number of furan rings is 1. The molecule has 1 amide bonds. The number of hydrogen-bond donors (Lipinski definition) is 2. The van der Waals surface area contributed by atoms with Crippen LogP contribution in [0.2, 0.25) is 0 Å². The van der Waals surface area contributed by atoms with Gasteiger partial charge in [0.25, 0.3) is 5.91 Å². The molecule has 1 aliphatic carbocycles. The third-order valence-electron chi connectivity index (χ3n) is 6.34. The molecule has 6 nitrogen and oxygen atoms in total. The molecule has 2 aromatic carbocycles. The van der Waals surface area contributed by atoms with Crippen LogP contribution in [0.3, 0.4) is 0 Å². The van der Waals surface area contributed by atoms with Gasteiger partial charge in [0, 0.05) is 17.3 Å². The van der Waals surface area contributed by atoms with Crippen LogP contribution in [0, 0.1) is 5.82 Å². The van der Waals surface area contributed by atoms with Crippen molar-refractivity contribution in [1.29, 1.82) is 0 Å². The van der Waals surface area contributed by atoms with Crippen molar-refractivity contribution in [2.24, 2.45) is 0 Å². The van der Waals surface area contributed by atoms with E-state index in [1.807, 2.05) is 6.33 Å². The molecule has 1 unspecified atom stereocenters. The Labute approximate surface area is 197 Å². The first-order chi connectivity index (χ1) is 16.5. The number of hydrogen-bond acceptors (Lipinski definition) is 4. The number of nitrogens with zero attached hydrogens (tertiary/aromatic N) is 2. The van der Waals surface area contributed by atoms with Gasteiger partial charge in [0.1, 0.15) is 11.5 Å². The number of amides is 1. The Balaban J connectivity index is 1.45. The van der Waals surface area contributed by atoms with Gasteiger partial charge in [-0.3, -0.25) is 4.79 Å². The highest BCUT2D eigenvalue weighted by Gasteiger charge is 2.26. The maximum Gasteiger partial charge on any atom is 0.291 e. The Morgan fingerprint density at radius 3 is 2.47 bits per heavy atom. The first kappa shape index (κ1) is 22.1. The van der Waals surface area contributed by atoms with Crippen LogP contribution in [0.4, 0.5) is 10.1 Å². The lowest BCUT2D eigenvalue weighted by Gasteiger charge is -2.15. The minimum Gasteiger partial charge on any atom is -0.449 e. The number of nitrogens with one attached hydrogen (secondary N) is 1. The Morgan fingerprint density at radius 1 is 1.09 bits per heavy atom. The van der Waals surface area contributed by atoms with Gasteiger partial charge >= 0.3 is 0 Å². The van der Waals surface area contributed by atoms with Gasteiger partial charge in [0.2, 0.25) is 0 Å². The molecule has 5 rings (SSSR count). The highest BCUT2D eigenvalue weighted by atomic mass is 19.1. The van der Waals surface area contributed by atoms with Gasteiger partial charge in [-0.25, -0.2) is 9.37 Å². The smallest absolute Gasteiger partial charge is 0.291 e. The van der Waals surface area contributed by atoms with E-state index in [1.165, 1.54) is 12.1 Å². The van der Waals surface area contributed by atoms with E-state index in [-0.39, 0.29) is 17.5 Å². The second-order valence-corrected chi connectivity index (χ2v) is 8.71. The first-order valence-electron chi connectivity index (χ1n) is 11.5. The third kappa shape index (κ3) is 4.39. The molecule has 34 heavy (non-hydrogen) atoms. The summed E-state index contributed by atoms with van der Waals surface area (Å²) in [6.45, 7) is 1.69. The molecule has 1 fully saturated rings. The van der Waals surface area contributed by atoms with Crippen LogP contribution in [0.25, 0.3) is 22.7 Å². The van der Waals surface area contributed by atoms with Gasteiger partial charge in [-0.15, -0.1) is 0 Å². The molecule has 2 heterocycles. The number of carbonyl (C=O) groups excluding carboxylic acids is 1. The second-order valence-electron chi connectivity index (χ2n) is 8.71. The highest BCUT2D eigenvalue weighted by molar-refractivity contribution is 6.02. The Morgan fingerprint density at radius 2 is 1.79 bits per heavy atom. The molecule has 4 aromatic rings. The summed E-state index contributed by atoms with van der Waals surface area (Å²) in [6, 6.07) is 17.0. The lowest BCUT2D eigenvalue weighted by Crippen LogP contribution is -2.11. The molecule has 0 saturated heterocycles. The molecular weight excluding hydrogens is 433 g/mol. The van der Waals surface area contributed by atoms with Crippen LogP contribution in [0.5, 0.6) is 0 Å². The number of benzene rings is 2. The van der Waals surface area contributed by atoms with Crippen molar-refractivity contribution < 1.29 is 18.7 Å². The predicted octanol–water partition coefficient (Wildman–Crippen LogP) is 6.37. The number of aliphatic hydroxyl groups excluding tert-OH is 1. The Bertz CT molecular complexity index is 1280. The van der Waals surface area contributed by atoms with Crippen LogP contribution in [-0.2, 0) is 0 Å². The maximum atomic E-state index is 13.5. The fourth-order valence-corrected chi connectivity index (χ4v) is 4.51. The van der Waals surface area contributed by atoms with Gasteiger partial charge < -0.3 is 19.4 Å². The number of aliphatic hydroxyl groups is 1. The van der Waals surface area contributed by atoms with Gasteiger partial charge in [0.15, 0.2) is 11.5 Å². The number of carbonyl (C=O) groups is 1. The van der Waals surface area contributed by atoms with Gasteiger partial charge in [-0.2, -0.15) is 0 Å². The largest absolute Gasteiger partial charge is 0.449 e. The summed E-state index contributed by atoms with van der Waals surface area (Å²) in [5.41, 5.74) is 3.65. The molecule has 1 aliphatic rings. The summed E-state index contributed by atoms with van der Waals surface area (Å²) in [7, 11) is 0. The normalized spacial score (nSPS) is 14.9. The van der Waals surface area contributed by atoms with Crippen LogP contribution in [-0.4, -0.2) is 20.6 Å². The zero-order chi connectivity index (χ0) is 23.7. The molecule has 0 radical (unpaired) electrons. The van der Waals surface area contributed by atoms with E-state index >= 15 is 0 Å². The van der Waals surface area contributed by atoms with Crippen molar-refractivity contribution in [3.8, 4) is 22.7 Å². The molecule has 7 heteroatoms. The molecule has 0 bridgehead atoms. The van der Waals surface area contributed by atoms with Crippen molar-refractivity contribution in [3.05, 3.63) is 84.1 Å². The number of anilines is 1. The fourth-order valence-electron chi connectivity index (χ4n) is 4.51. The molecule has 1 atom stereocenters. The molecular formula is C27H26FN3O3. The minimum absolute atomic E-state index is 0.179. The summed E-state index contributed by atoms with van der Waals surface area (Å²) in [5.74, 6) is 0.0439. The van der Waals surface area contributed by atoms with E-state index in [1.54, 1.807) is 55.5 Å². The van der Waals surface area contributed by atoms with Gasteiger partial charge in [-0.1, -0.05) is 25.0 Å². The zero-order valence-electron chi connectivity index (χ0n) is 18.9. The summed E-state index contributed by atoms with van der Waals surface area (Å²) in [6.07, 6.45) is 5.68. The average molecular weight is 460 g/mol. The van der Waals surface area contributed by atoms with E-state index in [4.69, 9.17) is 4.42 Å². The van der Waals surface area contributed by atoms with E-state index in [0.29, 0.717) is 23.2 Å². The molecule has 174 valence electrons. The SMILES string of the molecule is CC(O)c1ccc(NC(=O)c2ccc(-c3c(-c4ccc(F)cc4)ncn3C3CCCC3)o2)cc1. The van der Waals surface area contributed by atoms with Crippen LogP contribution >= 0.6 is 0 Å². The molecule has 1 saturated carbocycles. The van der Waals surface area contributed by atoms with E-state index < -0.39 is 6.10 Å². The standard InChI is InChI=1S/C27H26FN3O3/c1-17(32)18-8-12-21(13-9-18)30-27(33)24-15-14-23(34-24)26-25(19-6-10-20(28)11-7-19)29-16-31(26)22-4-2-3-5-22/h6-17,22,32H,2-5H2,1H3,(H,30,33). The summed E-state index contributed by atoms with van der Waals surface area (Å²) < 4.78 is 21.7. The van der Waals surface area contributed by atoms with E-state index in [9.17, 15) is 14.3 Å². The minimum atomic E-state index is -0.572. The number of rotatable bonds is 6. The van der Waals surface area contributed by atoms with Crippen molar-refractivity contribution in [1.82, 2.24) is 9.55 Å². The van der Waals surface area contributed by atoms with Gasteiger partial charge in [0.05, 0.1) is 18.1 Å². The summed E-state index contributed by atoms with van der Waals surface area (Å²) in [5, 5.41) is 12.5. The van der Waals surface area contributed by atoms with Crippen molar-refractivity contribution in [2.75, 3.05) is 5.32 Å². The van der Waals surface area contributed by atoms with E-state index in [0.717, 1.165) is 42.5 Å². The molecule has 0 spiro atoms. The van der Waals surface area contributed by atoms with Crippen LogP contribution in [0.1, 0.15) is 60.9 Å². The Hall–Kier alpha value is -3.71.